The smallest absolute Gasteiger partial charge is 0.410 e. The molecule has 0 fully saturated rings. The number of nitrogens with one attached hydrogen (secondary N) is 3. The third-order valence-electron chi connectivity index (χ3n) is 11.1. The molecule has 5 N–H and O–H groups in total. The molecule has 2 aliphatic rings. The maximum Gasteiger partial charge on any atom is 0.410 e. The fourth-order valence-corrected chi connectivity index (χ4v) is 8.47. The highest BCUT2D eigenvalue weighted by atomic mass is 31.2. The Kier molecular flexibility index (Phi) is 16.9. The Bertz CT molecular complexity index is 2430. The summed E-state index contributed by atoms with van der Waals surface area (Å²) in [5.74, 6) is -4.81. The number of anilines is 1. The van der Waals surface area contributed by atoms with E-state index in [1.165, 1.54) is 71.6 Å². The van der Waals surface area contributed by atoms with Crippen LogP contribution in [0, 0.1) is 10.8 Å². The summed E-state index contributed by atoms with van der Waals surface area (Å²) in [6.07, 6.45) is 1.53. The zero-order valence-electron chi connectivity index (χ0n) is 39.0. The molecule has 0 radical (unpaired) electrons. The summed E-state index contributed by atoms with van der Waals surface area (Å²) in [4.78, 5) is 93.0. The zero-order valence-corrected chi connectivity index (χ0v) is 39.9. The highest BCUT2D eigenvalue weighted by molar-refractivity contribution is 7.54. The number of aryl methyl sites for hydroxylation is 1. The van der Waals surface area contributed by atoms with Gasteiger partial charge in [-0.2, -0.15) is 8.78 Å². The predicted octanol–water partition coefficient (Wildman–Crippen LogP) is 5.91. The van der Waals surface area contributed by atoms with E-state index in [-0.39, 0.29) is 43.4 Å². The maximum absolute atomic E-state index is 16.1. The van der Waals surface area contributed by atoms with Crippen molar-refractivity contribution in [2.24, 2.45) is 16.6 Å². The minimum Gasteiger partial charge on any atom is -0.438 e. The molecule has 366 valence electrons. The number of halogens is 2. The van der Waals surface area contributed by atoms with Crippen LogP contribution in [0.15, 0.2) is 78.9 Å². The molecule has 2 heterocycles. The first-order chi connectivity index (χ1) is 31.8. The quantitative estimate of drug-likeness (QED) is 0.0475. The van der Waals surface area contributed by atoms with Crippen molar-refractivity contribution in [2.45, 2.75) is 111 Å². The van der Waals surface area contributed by atoms with Gasteiger partial charge >= 0.3 is 25.2 Å². The van der Waals surface area contributed by atoms with Crippen LogP contribution in [0.25, 0.3) is 5.57 Å². The lowest BCUT2D eigenvalue weighted by Crippen LogP contribution is -2.57. The SMILES string of the molecule is C/C(=C\C(=O)N[C@H]1CCc2cccc3c2N(C1=O)[C@H](C(=O)N[C@@H](CCC(N)=O)C(=O)NCc1ccccc1)C3)c1ccc(C(F)(F)P(=O)(OCOC(=O)C(C)(C)C)OCOC(=O)C(C)(C)C)cc1. The predicted molar refractivity (Wildman–Crippen MR) is 245 cm³/mol. The van der Waals surface area contributed by atoms with E-state index >= 15 is 8.78 Å². The Hall–Kier alpha value is -6.30. The normalized spacial score (nSPS) is 16.8. The van der Waals surface area contributed by atoms with E-state index in [0.717, 1.165) is 28.8 Å². The average molecular weight is 966 g/mol. The first kappa shape index (κ1) is 52.7. The first-order valence-electron chi connectivity index (χ1n) is 21.9. The van der Waals surface area contributed by atoms with Gasteiger partial charge < -0.3 is 31.2 Å². The largest absolute Gasteiger partial charge is 0.438 e. The number of ether oxygens (including phenoxy) is 2. The van der Waals surface area contributed by atoms with E-state index in [1.54, 1.807) is 6.07 Å². The Morgan fingerprint density at radius 1 is 0.853 bits per heavy atom. The third kappa shape index (κ3) is 13.0. The summed E-state index contributed by atoms with van der Waals surface area (Å²) in [7, 11) is -5.58. The molecular formula is C48H58F2N5O12P. The van der Waals surface area contributed by atoms with Crippen LogP contribution in [0.4, 0.5) is 14.5 Å². The van der Waals surface area contributed by atoms with Gasteiger partial charge in [-0.25, -0.2) is 0 Å². The number of benzene rings is 3. The number of hydrogen-bond acceptors (Lipinski definition) is 12. The third-order valence-corrected chi connectivity index (χ3v) is 12.9. The minimum absolute atomic E-state index is 0.0907. The van der Waals surface area contributed by atoms with Gasteiger partial charge in [0.05, 0.1) is 16.5 Å². The van der Waals surface area contributed by atoms with Gasteiger partial charge in [0.1, 0.15) is 18.1 Å². The lowest BCUT2D eigenvalue weighted by atomic mass is 9.98. The van der Waals surface area contributed by atoms with Crippen molar-refractivity contribution in [3.63, 3.8) is 0 Å². The Morgan fingerprint density at radius 2 is 1.44 bits per heavy atom. The Balaban J connectivity index is 1.30. The van der Waals surface area contributed by atoms with Crippen LogP contribution in [-0.2, 0) is 81.7 Å². The summed E-state index contributed by atoms with van der Waals surface area (Å²) in [6.45, 7) is 8.41. The van der Waals surface area contributed by atoms with Gasteiger partial charge in [0.2, 0.25) is 43.1 Å². The number of carbonyl (C=O) groups excluding carboxylic acids is 7. The number of primary amides is 1. The number of para-hydroxylation sites is 1. The standard InChI is InChI=1S/C48H58F2N5O12P/c1-29(31-16-19-34(20-17-31)48(49,50)68(63,66-27-64-44(61)46(2,3)4)67-28-65-45(62)47(5,6)7)24-39(57)53-36-21-18-32-14-11-15-33-25-37(55(40(32)33)43(36)60)42(59)54-35(22-23-38(51)56)41(58)52-26-30-12-9-8-10-13-30/h8-17,19-20,24,35-37H,18,21-23,25-28H2,1-7H3,(H2,51,56)(H,52,58)(H,53,57)(H,54,59)/b29-24+/t35-,36-,37-/m0/s1. The highest BCUT2D eigenvalue weighted by Gasteiger charge is 2.56. The molecule has 20 heteroatoms. The van der Waals surface area contributed by atoms with Crippen molar-refractivity contribution in [1.29, 1.82) is 0 Å². The number of nitrogens with two attached hydrogens (primary N) is 1. The summed E-state index contributed by atoms with van der Waals surface area (Å²) in [5, 5.41) is 8.23. The summed E-state index contributed by atoms with van der Waals surface area (Å²) in [6, 6.07) is 15.5. The molecule has 5 rings (SSSR count). The highest BCUT2D eigenvalue weighted by Crippen LogP contribution is 2.67. The first-order valence-corrected chi connectivity index (χ1v) is 23.4. The number of alkyl halides is 2. The second-order valence-corrected chi connectivity index (χ2v) is 20.6. The van der Waals surface area contributed by atoms with Gasteiger partial charge in [-0.1, -0.05) is 72.8 Å². The average Bonchev–Trinajstić information content (AvgIpc) is 3.62. The minimum atomic E-state index is -5.58. The van der Waals surface area contributed by atoms with Gasteiger partial charge in [0.25, 0.3) is 0 Å². The van der Waals surface area contributed by atoms with Gasteiger partial charge in [0.15, 0.2) is 0 Å². The lowest BCUT2D eigenvalue weighted by molar-refractivity contribution is -0.163. The molecule has 3 aromatic carbocycles. The molecule has 0 aliphatic carbocycles. The summed E-state index contributed by atoms with van der Waals surface area (Å²) in [5.41, 5.74) is 1.50. The van der Waals surface area contributed by atoms with Crippen LogP contribution in [-0.4, -0.2) is 73.2 Å². The second-order valence-electron chi connectivity index (χ2n) is 18.5. The van der Waals surface area contributed by atoms with Crippen LogP contribution in [0.3, 0.4) is 0 Å². The number of nitrogens with zero attached hydrogens (tertiary/aromatic N) is 1. The molecule has 3 atom stereocenters. The molecular weight excluding hydrogens is 908 g/mol. The Morgan fingerprint density at radius 3 is 2.01 bits per heavy atom. The molecule has 5 amide bonds. The summed E-state index contributed by atoms with van der Waals surface area (Å²) < 4.78 is 65.6. The van der Waals surface area contributed by atoms with Gasteiger partial charge in [0, 0.05) is 31.0 Å². The van der Waals surface area contributed by atoms with Crippen LogP contribution < -0.4 is 26.6 Å². The van der Waals surface area contributed by atoms with Crippen LogP contribution in [0.1, 0.15) is 95.5 Å². The van der Waals surface area contributed by atoms with E-state index < -0.39 is 103 Å². The van der Waals surface area contributed by atoms with E-state index in [2.05, 4.69) is 16.0 Å². The lowest BCUT2D eigenvalue weighted by Gasteiger charge is -2.29. The Labute approximate surface area is 393 Å². The van der Waals surface area contributed by atoms with Crippen molar-refractivity contribution in [2.75, 3.05) is 18.5 Å². The molecule has 68 heavy (non-hydrogen) atoms. The van der Waals surface area contributed by atoms with Gasteiger partial charge in [-0.3, -0.25) is 52.1 Å². The van der Waals surface area contributed by atoms with Crippen molar-refractivity contribution >= 4 is 60.3 Å². The van der Waals surface area contributed by atoms with Gasteiger partial charge in [-0.15, -0.1) is 0 Å². The fraction of sp³-hybridized carbons (Fsp3) is 0.438. The maximum atomic E-state index is 16.1. The van der Waals surface area contributed by atoms with Crippen LogP contribution >= 0.6 is 7.60 Å². The van der Waals surface area contributed by atoms with Crippen molar-refractivity contribution in [1.82, 2.24) is 16.0 Å². The van der Waals surface area contributed by atoms with Crippen LogP contribution in [0.5, 0.6) is 0 Å². The number of rotatable bonds is 19. The number of esters is 2. The van der Waals surface area contributed by atoms with E-state index in [0.29, 0.717) is 12.1 Å². The molecule has 0 saturated heterocycles. The molecule has 17 nitrogen and oxygen atoms in total. The van der Waals surface area contributed by atoms with Crippen LogP contribution in [0.2, 0.25) is 0 Å². The molecule has 0 bridgehead atoms. The van der Waals surface area contributed by atoms with Crippen molar-refractivity contribution < 1.29 is 65.4 Å². The van der Waals surface area contributed by atoms with Crippen molar-refractivity contribution in [3.8, 4) is 0 Å². The molecule has 0 spiro atoms. The molecule has 0 unspecified atom stereocenters. The molecule has 3 aromatic rings. The topological polar surface area (TPSA) is 239 Å². The summed E-state index contributed by atoms with van der Waals surface area (Å²) >= 11 is 0. The second kappa shape index (κ2) is 21.8. The zero-order chi connectivity index (χ0) is 50.2. The number of carbonyl (C=O) groups is 7. The molecule has 0 aromatic heterocycles. The van der Waals surface area contributed by atoms with E-state index in [1.807, 2.05) is 42.5 Å². The number of allylic oxidation sites excluding steroid dienone is 1. The van der Waals surface area contributed by atoms with E-state index in [9.17, 15) is 38.1 Å². The molecule has 2 aliphatic heterocycles. The number of hydrogen-bond donors (Lipinski definition) is 4. The van der Waals surface area contributed by atoms with E-state index in [4.69, 9.17) is 24.3 Å². The van der Waals surface area contributed by atoms with Crippen molar-refractivity contribution in [3.05, 3.63) is 107 Å². The fourth-order valence-electron chi connectivity index (χ4n) is 7.22. The monoisotopic (exact) mass is 965 g/mol. The number of amides is 5. The van der Waals surface area contributed by atoms with Gasteiger partial charge in [-0.05, 0) is 95.6 Å². The molecule has 0 saturated carbocycles.